The summed E-state index contributed by atoms with van der Waals surface area (Å²) in [4.78, 5) is 60.1. The van der Waals surface area contributed by atoms with Crippen LogP contribution < -0.4 is 144 Å². The van der Waals surface area contributed by atoms with Gasteiger partial charge in [-0.3, -0.25) is 4.79 Å². The number of hydrogen-bond acceptors (Lipinski definition) is 9. The van der Waals surface area contributed by atoms with E-state index in [2.05, 4.69) is 5.32 Å². The monoisotopic (exact) mass is 573 g/mol. The summed E-state index contributed by atoms with van der Waals surface area (Å²) in [5, 5.41) is 49.1. The molecular formula is C25H23NNa4O9. The fourth-order valence-corrected chi connectivity index (χ4v) is 4.23. The van der Waals surface area contributed by atoms with Gasteiger partial charge in [0.1, 0.15) is 0 Å². The van der Waals surface area contributed by atoms with E-state index in [1.54, 1.807) is 37.3 Å². The zero-order valence-corrected chi connectivity index (χ0v) is 31.0. The molecule has 2 aromatic carbocycles. The van der Waals surface area contributed by atoms with Gasteiger partial charge in [-0.25, -0.2) is 0 Å². The third kappa shape index (κ3) is 11.9. The van der Waals surface area contributed by atoms with Crippen molar-refractivity contribution < 1.29 is 163 Å². The first-order valence-corrected chi connectivity index (χ1v) is 10.8. The molecule has 0 bridgehead atoms. The van der Waals surface area contributed by atoms with Crippen molar-refractivity contribution in [1.82, 2.24) is 0 Å². The fraction of sp³-hybridized carbons (Fsp3) is 0.320. The summed E-state index contributed by atoms with van der Waals surface area (Å²) in [5.41, 5.74) is 0.456. The molecule has 2 aromatic rings. The van der Waals surface area contributed by atoms with Gasteiger partial charge in [0.05, 0.1) is 11.9 Å². The molecular weight excluding hydrogens is 550 g/mol. The third-order valence-electron chi connectivity index (χ3n) is 6.02. The molecule has 0 aliphatic rings. The van der Waals surface area contributed by atoms with Gasteiger partial charge in [0.25, 0.3) is 0 Å². The molecule has 39 heavy (non-hydrogen) atoms. The van der Waals surface area contributed by atoms with Crippen LogP contribution in [0.5, 0.6) is 0 Å². The Balaban J connectivity index is -0.00000324. The van der Waals surface area contributed by atoms with Gasteiger partial charge in [-0.1, -0.05) is 56.3 Å². The number of carbonyl (C=O) groups is 5. The number of aliphatic carboxylic acids is 3. The first-order valence-electron chi connectivity index (χ1n) is 10.8. The fourth-order valence-electron chi connectivity index (χ4n) is 4.23. The van der Waals surface area contributed by atoms with Crippen molar-refractivity contribution in [2.24, 2.45) is 23.7 Å². The summed E-state index contributed by atoms with van der Waals surface area (Å²) in [5.74, 6) is -16.6. The number of benzene rings is 2. The first kappa shape index (κ1) is 43.2. The predicted octanol–water partition coefficient (Wildman–Crippen LogP) is -14.1. The van der Waals surface area contributed by atoms with Crippen molar-refractivity contribution in [3.8, 4) is 0 Å². The van der Waals surface area contributed by atoms with E-state index < -0.39 is 59.4 Å². The van der Waals surface area contributed by atoms with E-state index >= 15 is 0 Å². The van der Waals surface area contributed by atoms with Crippen LogP contribution >= 0.6 is 0 Å². The van der Waals surface area contributed by atoms with Crippen LogP contribution in [-0.4, -0.2) is 29.8 Å². The maximum absolute atomic E-state index is 13.5. The van der Waals surface area contributed by atoms with Crippen molar-refractivity contribution in [2.75, 3.05) is 5.32 Å². The number of aromatic carboxylic acids is 1. The van der Waals surface area contributed by atoms with Crippen LogP contribution in [0.2, 0.25) is 0 Å². The number of hydrogen-bond donors (Lipinski definition) is 1. The van der Waals surface area contributed by atoms with Gasteiger partial charge in [-0.15, -0.1) is 0 Å². The minimum Gasteiger partial charge on any atom is -0.550 e. The molecule has 0 aliphatic carbocycles. The Morgan fingerprint density at radius 3 is 1.56 bits per heavy atom. The Hall–Kier alpha value is -0.210. The first-order chi connectivity index (χ1) is 16.5. The minimum absolute atomic E-state index is 0. The average Bonchev–Trinajstić information content (AvgIpc) is 2.81. The van der Waals surface area contributed by atoms with E-state index in [1.807, 2.05) is 0 Å². The van der Waals surface area contributed by atoms with Gasteiger partial charge in [0.15, 0.2) is 0 Å². The smallest absolute Gasteiger partial charge is 0.550 e. The number of nitrogens with one attached hydrogen (secondary N) is 1. The van der Waals surface area contributed by atoms with Crippen LogP contribution in [0.15, 0.2) is 54.6 Å². The second-order valence-electron chi connectivity index (χ2n) is 8.10. The number of carboxylic acid groups (broad SMARTS) is 4. The molecule has 5 unspecified atom stereocenters. The summed E-state index contributed by atoms with van der Waals surface area (Å²) in [6, 6.07) is 13.1. The Bertz CT molecular complexity index is 1100. The van der Waals surface area contributed by atoms with E-state index in [-0.39, 0.29) is 136 Å². The molecule has 0 heterocycles. The quantitative estimate of drug-likeness (QED) is 0.240. The normalized spacial score (nSPS) is 13.6. The van der Waals surface area contributed by atoms with Crippen LogP contribution in [0, 0.1) is 23.7 Å². The molecule has 0 spiro atoms. The van der Waals surface area contributed by atoms with Crippen molar-refractivity contribution >= 4 is 35.5 Å². The summed E-state index contributed by atoms with van der Waals surface area (Å²) in [6.45, 7) is 2.62. The molecule has 2 rings (SSSR count). The van der Waals surface area contributed by atoms with Crippen LogP contribution in [0.25, 0.3) is 0 Å². The number of carbonyl (C=O) groups excluding carboxylic acids is 5. The van der Waals surface area contributed by atoms with E-state index in [9.17, 15) is 44.4 Å². The summed E-state index contributed by atoms with van der Waals surface area (Å²) < 4.78 is 0. The van der Waals surface area contributed by atoms with Crippen molar-refractivity contribution in [2.45, 2.75) is 26.2 Å². The zero-order chi connectivity index (χ0) is 26.3. The van der Waals surface area contributed by atoms with E-state index in [0.717, 1.165) is 19.1 Å². The molecule has 0 radical (unpaired) electrons. The number of rotatable bonds is 12. The summed E-state index contributed by atoms with van der Waals surface area (Å²) >= 11 is 0. The topological polar surface area (TPSA) is 190 Å². The number of anilines is 1. The maximum Gasteiger partial charge on any atom is 1.00 e. The van der Waals surface area contributed by atoms with Crippen molar-refractivity contribution in [1.29, 1.82) is 0 Å². The molecule has 1 amide bonds. The van der Waals surface area contributed by atoms with Gasteiger partial charge in [0.2, 0.25) is 5.91 Å². The molecule has 0 saturated carbocycles. The molecule has 1 N–H and O–H groups in total. The molecule has 5 atom stereocenters. The van der Waals surface area contributed by atoms with Crippen LogP contribution in [0.4, 0.5) is 5.69 Å². The van der Waals surface area contributed by atoms with Crippen molar-refractivity contribution in [3.05, 3.63) is 65.7 Å². The Kier molecular flexibility index (Phi) is 22.9. The molecule has 0 aliphatic heterocycles. The molecule has 10 nitrogen and oxygen atoms in total. The number of carboxylic acids is 4. The van der Waals surface area contributed by atoms with E-state index in [0.29, 0.717) is 5.56 Å². The largest absolute Gasteiger partial charge is 1.00 e. The number of amides is 1. The van der Waals surface area contributed by atoms with Gasteiger partial charge >= 0.3 is 118 Å². The maximum atomic E-state index is 13.5. The van der Waals surface area contributed by atoms with Gasteiger partial charge in [-0.05, 0) is 35.6 Å². The third-order valence-corrected chi connectivity index (χ3v) is 6.02. The predicted molar refractivity (Wildman–Crippen MR) is 114 cm³/mol. The Morgan fingerprint density at radius 1 is 0.692 bits per heavy atom. The Labute approximate surface area is 314 Å². The summed E-state index contributed by atoms with van der Waals surface area (Å²) in [7, 11) is 0. The van der Waals surface area contributed by atoms with E-state index in [4.69, 9.17) is 0 Å². The SMILES string of the molecule is CCC(c1ccccc1)C(C(=O)Nc1ccc(C(=O)[O-])cc1)C(C(=O)[O-])C(C(=O)[O-])C(C)C(=O)[O-].[Na+].[Na+].[Na+].[Na+]. The van der Waals surface area contributed by atoms with Crippen LogP contribution in [-0.2, 0) is 19.2 Å². The average molecular weight is 573 g/mol. The van der Waals surface area contributed by atoms with Crippen molar-refractivity contribution in [3.63, 3.8) is 0 Å². The minimum atomic E-state index is -2.14. The summed E-state index contributed by atoms with van der Waals surface area (Å²) in [6.07, 6.45) is 0.189. The second-order valence-corrected chi connectivity index (χ2v) is 8.10. The molecule has 14 heteroatoms. The van der Waals surface area contributed by atoms with Gasteiger partial charge in [-0.2, -0.15) is 0 Å². The molecule has 0 aromatic heterocycles. The van der Waals surface area contributed by atoms with E-state index in [1.165, 1.54) is 12.1 Å². The van der Waals surface area contributed by atoms with Gasteiger partial charge < -0.3 is 44.9 Å². The second kappa shape index (κ2) is 20.6. The van der Waals surface area contributed by atoms with Crippen LogP contribution in [0.1, 0.15) is 42.1 Å². The standard InChI is InChI=1S/C25H27NO9.4Na/c1-3-17(14-7-5-4-6-8-14)19(20(25(34)35)18(24(32)33)13(2)22(28)29)21(27)26-16-11-9-15(10-12-16)23(30)31;;;;/h4-13,17-20H,3H2,1-2H3,(H,26,27)(H,28,29)(H,30,31)(H,32,33)(H,34,35);;;;/q;4*+1/p-4. The van der Waals surface area contributed by atoms with Gasteiger partial charge in [0, 0.05) is 41.3 Å². The zero-order valence-electron chi connectivity index (χ0n) is 23.0. The molecule has 0 fully saturated rings. The molecule has 0 saturated heterocycles. The Morgan fingerprint density at radius 2 is 1.18 bits per heavy atom. The van der Waals surface area contributed by atoms with Crippen LogP contribution in [0.3, 0.4) is 0 Å². The molecule has 186 valence electrons.